The van der Waals surface area contributed by atoms with Crippen LogP contribution in [0.25, 0.3) is 0 Å². The maximum atomic E-state index is 10.4. The Bertz CT molecular complexity index is 420. The molecule has 0 aliphatic rings. The second kappa shape index (κ2) is 14.9. The molecular formula is C21H43O4S-. The lowest BCUT2D eigenvalue weighted by atomic mass is 9.90. The van der Waals surface area contributed by atoms with Crippen molar-refractivity contribution in [2.45, 2.75) is 105 Å². The van der Waals surface area contributed by atoms with Gasteiger partial charge in [-0.3, -0.25) is 4.18 Å². The first kappa shape index (κ1) is 25.9. The minimum absolute atomic E-state index is 0.0158. The summed E-state index contributed by atoms with van der Waals surface area (Å²) < 4.78 is 35.3. The van der Waals surface area contributed by atoms with E-state index in [1.165, 1.54) is 57.8 Å². The molecule has 0 rings (SSSR count). The van der Waals surface area contributed by atoms with Crippen LogP contribution >= 0.6 is 0 Å². The smallest absolute Gasteiger partial charge is 0.217 e. The highest BCUT2D eigenvalue weighted by Crippen LogP contribution is 2.23. The van der Waals surface area contributed by atoms with Gasteiger partial charge in [-0.1, -0.05) is 92.4 Å². The van der Waals surface area contributed by atoms with E-state index < -0.39 is 10.4 Å². The Morgan fingerprint density at radius 2 is 1.00 bits per heavy atom. The summed E-state index contributed by atoms with van der Waals surface area (Å²) in [5.41, 5.74) is 0. The number of rotatable bonds is 17. The average molecular weight is 392 g/mol. The van der Waals surface area contributed by atoms with Gasteiger partial charge in [0.25, 0.3) is 0 Å². The van der Waals surface area contributed by atoms with Gasteiger partial charge in [0.1, 0.15) is 0 Å². The molecule has 0 bridgehead atoms. The molecule has 3 unspecified atom stereocenters. The summed E-state index contributed by atoms with van der Waals surface area (Å²) in [6.07, 6.45) is 13.4. The highest BCUT2D eigenvalue weighted by Gasteiger charge is 2.08. The Balaban J connectivity index is 3.56. The van der Waals surface area contributed by atoms with Crippen molar-refractivity contribution >= 4 is 10.4 Å². The van der Waals surface area contributed by atoms with Crippen LogP contribution in [-0.2, 0) is 14.6 Å². The van der Waals surface area contributed by atoms with Crippen LogP contribution < -0.4 is 0 Å². The average Bonchev–Trinajstić information content (AvgIpc) is 2.50. The van der Waals surface area contributed by atoms with E-state index in [0.717, 1.165) is 24.2 Å². The van der Waals surface area contributed by atoms with Gasteiger partial charge in [-0.2, -0.15) is 0 Å². The van der Waals surface area contributed by atoms with E-state index in [0.29, 0.717) is 12.3 Å². The van der Waals surface area contributed by atoms with Crippen LogP contribution in [-0.4, -0.2) is 19.6 Å². The number of hydrogen-bond donors (Lipinski definition) is 0. The molecule has 3 atom stereocenters. The van der Waals surface area contributed by atoms with E-state index in [4.69, 9.17) is 0 Å². The van der Waals surface area contributed by atoms with E-state index in [1.807, 2.05) is 0 Å². The van der Waals surface area contributed by atoms with Gasteiger partial charge in [-0.05, 0) is 36.5 Å². The van der Waals surface area contributed by atoms with Crippen molar-refractivity contribution in [2.24, 2.45) is 23.7 Å². The molecule has 0 spiro atoms. The zero-order valence-electron chi connectivity index (χ0n) is 17.8. The monoisotopic (exact) mass is 391 g/mol. The first-order valence-corrected chi connectivity index (χ1v) is 12.0. The van der Waals surface area contributed by atoms with E-state index in [2.05, 4.69) is 38.8 Å². The Hall–Kier alpha value is -0.130. The normalized spacial score (nSPS) is 16.0. The van der Waals surface area contributed by atoms with Crippen LogP contribution in [0, 0.1) is 23.7 Å². The predicted molar refractivity (Wildman–Crippen MR) is 109 cm³/mol. The van der Waals surface area contributed by atoms with Crippen LogP contribution in [0.1, 0.15) is 105 Å². The molecule has 0 amide bonds. The first-order chi connectivity index (χ1) is 12.1. The molecule has 0 N–H and O–H groups in total. The molecule has 0 saturated carbocycles. The highest BCUT2D eigenvalue weighted by molar-refractivity contribution is 7.80. The molecule has 0 heterocycles. The standard InChI is InChI=1S/C21H44O4S/c1-18(2)10-6-11-19(3)12-7-13-20(4)14-8-15-21(5)16-9-17-25-26(22,23)24/h18-21H,6-17H2,1-5H3,(H,22,23,24)/p-1. The summed E-state index contributed by atoms with van der Waals surface area (Å²) in [6.45, 7) is 11.6. The second-order valence-electron chi connectivity index (χ2n) is 8.87. The van der Waals surface area contributed by atoms with Crippen molar-refractivity contribution in [3.63, 3.8) is 0 Å². The quantitative estimate of drug-likeness (QED) is 0.165. The Morgan fingerprint density at radius 1 is 0.654 bits per heavy atom. The van der Waals surface area contributed by atoms with Gasteiger partial charge in [0, 0.05) is 0 Å². The van der Waals surface area contributed by atoms with Gasteiger partial charge in [0.05, 0.1) is 6.61 Å². The summed E-state index contributed by atoms with van der Waals surface area (Å²) in [6, 6.07) is 0. The summed E-state index contributed by atoms with van der Waals surface area (Å²) in [7, 11) is -4.52. The molecular weight excluding hydrogens is 348 g/mol. The minimum atomic E-state index is -4.52. The minimum Gasteiger partial charge on any atom is -0.726 e. The zero-order valence-corrected chi connectivity index (χ0v) is 18.7. The van der Waals surface area contributed by atoms with Crippen molar-refractivity contribution in [1.82, 2.24) is 0 Å². The molecule has 0 aromatic carbocycles. The number of hydrogen-bond acceptors (Lipinski definition) is 4. The molecule has 0 aromatic heterocycles. The summed E-state index contributed by atoms with van der Waals surface area (Å²) in [5, 5.41) is 0. The molecule has 0 radical (unpaired) electrons. The maximum Gasteiger partial charge on any atom is 0.217 e. The molecule has 0 saturated heterocycles. The first-order valence-electron chi connectivity index (χ1n) is 10.7. The molecule has 0 aromatic rings. The zero-order chi connectivity index (χ0) is 20.0. The lowest BCUT2D eigenvalue weighted by molar-refractivity contribution is 0.248. The summed E-state index contributed by atoms with van der Waals surface area (Å²) in [4.78, 5) is 0. The van der Waals surface area contributed by atoms with Crippen LogP contribution in [0.3, 0.4) is 0 Å². The van der Waals surface area contributed by atoms with Gasteiger partial charge in [0.15, 0.2) is 0 Å². The molecule has 0 fully saturated rings. The lowest BCUT2D eigenvalue weighted by Gasteiger charge is -2.16. The highest BCUT2D eigenvalue weighted by atomic mass is 32.3. The molecule has 4 nitrogen and oxygen atoms in total. The van der Waals surface area contributed by atoms with Gasteiger partial charge in [-0.25, -0.2) is 8.42 Å². The van der Waals surface area contributed by atoms with E-state index in [-0.39, 0.29) is 6.61 Å². The van der Waals surface area contributed by atoms with E-state index in [9.17, 15) is 13.0 Å². The van der Waals surface area contributed by atoms with E-state index in [1.54, 1.807) is 0 Å². The van der Waals surface area contributed by atoms with Crippen molar-refractivity contribution in [1.29, 1.82) is 0 Å². The van der Waals surface area contributed by atoms with Crippen molar-refractivity contribution in [3.8, 4) is 0 Å². The third kappa shape index (κ3) is 18.7. The lowest BCUT2D eigenvalue weighted by Crippen LogP contribution is -2.07. The largest absolute Gasteiger partial charge is 0.726 e. The third-order valence-electron chi connectivity index (χ3n) is 5.34. The second-order valence-corrected chi connectivity index (χ2v) is 9.93. The third-order valence-corrected chi connectivity index (χ3v) is 5.79. The van der Waals surface area contributed by atoms with Crippen molar-refractivity contribution < 1.29 is 17.2 Å². The van der Waals surface area contributed by atoms with Gasteiger partial charge in [0.2, 0.25) is 10.4 Å². The van der Waals surface area contributed by atoms with Crippen LogP contribution in [0.15, 0.2) is 0 Å². The van der Waals surface area contributed by atoms with E-state index >= 15 is 0 Å². The van der Waals surface area contributed by atoms with Crippen LogP contribution in [0.4, 0.5) is 0 Å². The maximum absolute atomic E-state index is 10.4. The fourth-order valence-electron chi connectivity index (χ4n) is 3.53. The van der Waals surface area contributed by atoms with Crippen molar-refractivity contribution in [2.75, 3.05) is 6.61 Å². The summed E-state index contributed by atoms with van der Waals surface area (Å²) in [5.74, 6) is 3.04. The van der Waals surface area contributed by atoms with Crippen LogP contribution in [0.2, 0.25) is 0 Å². The Kier molecular flexibility index (Phi) is 14.8. The molecule has 5 heteroatoms. The SMILES string of the molecule is CC(C)CCCC(C)CCCC(C)CCCC(C)CCCOS(=O)(=O)[O-]. The Morgan fingerprint density at radius 3 is 1.35 bits per heavy atom. The molecule has 158 valence electrons. The fourth-order valence-corrected chi connectivity index (χ4v) is 3.85. The van der Waals surface area contributed by atoms with Gasteiger partial charge < -0.3 is 4.55 Å². The van der Waals surface area contributed by atoms with Gasteiger partial charge in [-0.15, -0.1) is 0 Å². The molecule has 0 aliphatic heterocycles. The fraction of sp³-hybridized carbons (Fsp3) is 1.00. The Labute approximate surface area is 163 Å². The van der Waals surface area contributed by atoms with Crippen molar-refractivity contribution in [3.05, 3.63) is 0 Å². The topological polar surface area (TPSA) is 66.4 Å². The summed E-state index contributed by atoms with van der Waals surface area (Å²) >= 11 is 0. The molecule has 0 aliphatic carbocycles. The molecule has 26 heavy (non-hydrogen) atoms. The predicted octanol–water partition coefficient (Wildman–Crippen LogP) is 6.32. The van der Waals surface area contributed by atoms with Crippen LogP contribution in [0.5, 0.6) is 0 Å². The van der Waals surface area contributed by atoms with Gasteiger partial charge >= 0.3 is 0 Å².